The average molecular weight is 383 g/mol. The summed E-state index contributed by atoms with van der Waals surface area (Å²) >= 11 is 0. The molecule has 1 aromatic carbocycles. The van der Waals surface area contributed by atoms with Gasteiger partial charge in [0.25, 0.3) is 11.8 Å². The SMILES string of the molecule is CNC(=O)[C@@](C)(C(=O)CO)N(C)C(=O)c1ccc(C#Cc2coc(C)n2)cc1. The molecule has 1 heterocycles. The lowest BCUT2D eigenvalue weighted by Gasteiger charge is -2.35. The minimum absolute atomic E-state index is 0.270. The molecular weight excluding hydrogens is 362 g/mol. The molecule has 8 nitrogen and oxygen atoms in total. The Labute approximate surface area is 162 Å². The zero-order valence-corrected chi connectivity index (χ0v) is 16.1. The van der Waals surface area contributed by atoms with Gasteiger partial charge >= 0.3 is 0 Å². The molecule has 0 unspecified atom stereocenters. The number of rotatable bonds is 5. The minimum Gasteiger partial charge on any atom is -0.448 e. The zero-order valence-electron chi connectivity index (χ0n) is 16.1. The smallest absolute Gasteiger partial charge is 0.254 e. The van der Waals surface area contributed by atoms with Crippen LogP contribution in [0.3, 0.4) is 0 Å². The highest BCUT2D eigenvalue weighted by molar-refractivity contribution is 6.14. The number of amides is 2. The molecule has 146 valence electrons. The van der Waals surface area contributed by atoms with Crippen LogP contribution in [-0.2, 0) is 9.59 Å². The first-order chi connectivity index (χ1) is 13.2. The topological polar surface area (TPSA) is 113 Å². The van der Waals surface area contributed by atoms with Crippen LogP contribution in [0.5, 0.6) is 0 Å². The van der Waals surface area contributed by atoms with Crippen molar-refractivity contribution in [1.29, 1.82) is 0 Å². The number of nitrogens with one attached hydrogen (secondary N) is 1. The molecule has 2 amide bonds. The Balaban J connectivity index is 2.24. The Bertz CT molecular complexity index is 934. The van der Waals surface area contributed by atoms with Crippen molar-refractivity contribution in [3.05, 3.63) is 53.2 Å². The summed E-state index contributed by atoms with van der Waals surface area (Å²) in [6.45, 7) is 2.15. The molecule has 8 heteroatoms. The van der Waals surface area contributed by atoms with Crippen LogP contribution in [0.25, 0.3) is 0 Å². The molecule has 2 N–H and O–H groups in total. The molecule has 0 aliphatic heterocycles. The summed E-state index contributed by atoms with van der Waals surface area (Å²) in [7, 11) is 2.69. The van der Waals surface area contributed by atoms with Gasteiger partial charge in [-0.3, -0.25) is 14.4 Å². The van der Waals surface area contributed by atoms with E-state index in [4.69, 9.17) is 4.42 Å². The first-order valence-electron chi connectivity index (χ1n) is 8.42. The molecule has 0 radical (unpaired) electrons. The summed E-state index contributed by atoms with van der Waals surface area (Å²) in [5, 5.41) is 11.6. The van der Waals surface area contributed by atoms with Gasteiger partial charge in [0, 0.05) is 32.1 Å². The number of aryl methyl sites for hydroxylation is 1. The normalized spacial score (nSPS) is 12.3. The third kappa shape index (κ3) is 4.10. The number of carbonyl (C=O) groups excluding carboxylic acids is 3. The number of aromatic nitrogens is 1. The second kappa shape index (κ2) is 8.50. The maximum Gasteiger partial charge on any atom is 0.254 e. The van der Waals surface area contributed by atoms with Crippen LogP contribution < -0.4 is 5.32 Å². The maximum atomic E-state index is 12.8. The van der Waals surface area contributed by atoms with Gasteiger partial charge in [-0.05, 0) is 37.1 Å². The van der Waals surface area contributed by atoms with Crippen molar-refractivity contribution >= 4 is 17.6 Å². The number of aliphatic hydroxyl groups excluding tert-OH is 1. The molecule has 0 bridgehead atoms. The molecule has 0 saturated heterocycles. The third-order valence-corrected chi connectivity index (χ3v) is 4.42. The number of nitrogens with zero attached hydrogens (tertiary/aromatic N) is 2. The Morgan fingerprint density at radius 3 is 2.39 bits per heavy atom. The van der Waals surface area contributed by atoms with E-state index in [-0.39, 0.29) is 5.56 Å². The Morgan fingerprint density at radius 1 is 1.25 bits per heavy atom. The van der Waals surface area contributed by atoms with E-state index >= 15 is 0 Å². The average Bonchev–Trinajstić information content (AvgIpc) is 3.14. The number of oxazole rings is 1. The van der Waals surface area contributed by atoms with Gasteiger partial charge in [-0.15, -0.1) is 0 Å². The number of hydrogen-bond donors (Lipinski definition) is 2. The fourth-order valence-corrected chi connectivity index (χ4v) is 2.51. The number of Topliss-reactive ketones (excluding diaryl/α,β-unsaturated/α-hetero) is 1. The summed E-state index contributed by atoms with van der Waals surface area (Å²) in [6, 6.07) is 6.38. The van der Waals surface area contributed by atoms with Crippen LogP contribution in [0, 0.1) is 18.8 Å². The molecule has 0 saturated carbocycles. The Morgan fingerprint density at radius 2 is 1.89 bits per heavy atom. The van der Waals surface area contributed by atoms with E-state index in [2.05, 4.69) is 22.1 Å². The number of carbonyl (C=O) groups is 3. The molecular formula is C20H21N3O5. The largest absolute Gasteiger partial charge is 0.448 e. The van der Waals surface area contributed by atoms with E-state index in [1.807, 2.05) is 0 Å². The Kier molecular flexibility index (Phi) is 6.33. The summed E-state index contributed by atoms with van der Waals surface area (Å²) in [4.78, 5) is 42.2. The summed E-state index contributed by atoms with van der Waals surface area (Å²) < 4.78 is 5.08. The number of likely N-dealkylation sites (N-methyl/N-ethyl adjacent to an activating group) is 2. The van der Waals surface area contributed by atoms with Crippen LogP contribution in [-0.4, -0.2) is 58.8 Å². The van der Waals surface area contributed by atoms with E-state index in [1.54, 1.807) is 31.2 Å². The number of ketones is 1. The zero-order chi connectivity index (χ0) is 20.9. The lowest BCUT2D eigenvalue weighted by molar-refractivity contribution is -0.143. The summed E-state index contributed by atoms with van der Waals surface area (Å²) in [5.74, 6) is 4.26. The number of benzene rings is 1. The number of aliphatic hydroxyl groups is 1. The monoisotopic (exact) mass is 383 g/mol. The second-order valence-electron chi connectivity index (χ2n) is 6.18. The van der Waals surface area contributed by atoms with Crippen molar-refractivity contribution in [3.8, 4) is 11.8 Å². The van der Waals surface area contributed by atoms with Gasteiger partial charge in [0.1, 0.15) is 12.9 Å². The van der Waals surface area contributed by atoms with E-state index in [0.717, 1.165) is 4.90 Å². The fraction of sp³-hybridized carbons (Fsp3) is 0.300. The predicted molar refractivity (Wildman–Crippen MR) is 100 cm³/mol. The van der Waals surface area contributed by atoms with Crippen LogP contribution >= 0.6 is 0 Å². The van der Waals surface area contributed by atoms with E-state index in [0.29, 0.717) is 17.1 Å². The van der Waals surface area contributed by atoms with E-state index in [9.17, 15) is 19.5 Å². The first kappa shape index (κ1) is 20.9. The van der Waals surface area contributed by atoms with Crippen LogP contribution in [0.2, 0.25) is 0 Å². The highest BCUT2D eigenvalue weighted by Gasteiger charge is 2.46. The van der Waals surface area contributed by atoms with Crippen LogP contribution in [0.15, 0.2) is 34.9 Å². The lowest BCUT2D eigenvalue weighted by atomic mass is 9.92. The predicted octanol–water partition coefficient (Wildman–Crippen LogP) is 0.521. The molecule has 2 aromatic rings. The molecule has 28 heavy (non-hydrogen) atoms. The first-order valence-corrected chi connectivity index (χ1v) is 8.42. The van der Waals surface area contributed by atoms with Crippen molar-refractivity contribution in [2.24, 2.45) is 0 Å². The van der Waals surface area contributed by atoms with Gasteiger partial charge in [-0.25, -0.2) is 4.98 Å². The molecule has 0 aliphatic rings. The fourth-order valence-electron chi connectivity index (χ4n) is 2.51. The van der Waals surface area contributed by atoms with Gasteiger partial charge in [0.05, 0.1) is 0 Å². The van der Waals surface area contributed by atoms with Crippen molar-refractivity contribution in [2.75, 3.05) is 20.7 Å². The molecule has 1 aromatic heterocycles. The summed E-state index contributed by atoms with van der Waals surface area (Å²) in [6.07, 6.45) is 1.45. The van der Waals surface area contributed by atoms with Crippen molar-refractivity contribution in [2.45, 2.75) is 19.4 Å². The highest BCUT2D eigenvalue weighted by atomic mass is 16.3. The minimum atomic E-state index is -1.83. The van der Waals surface area contributed by atoms with Gasteiger partial charge in [-0.2, -0.15) is 0 Å². The van der Waals surface area contributed by atoms with Crippen LogP contribution in [0.4, 0.5) is 0 Å². The van der Waals surface area contributed by atoms with Crippen molar-refractivity contribution in [1.82, 2.24) is 15.2 Å². The second-order valence-corrected chi connectivity index (χ2v) is 6.18. The van der Waals surface area contributed by atoms with E-state index in [1.165, 1.54) is 27.3 Å². The van der Waals surface area contributed by atoms with Crippen molar-refractivity contribution in [3.63, 3.8) is 0 Å². The van der Waals surface area contributed by atoms with Gasteiger partial charge in [0.15, 0.2) is 22.9 Å². The number of hydrogen-bond acceptors (Lipinski definition) is 6. The summed E-state index contributed by atoms with van der Waals surface area (Å²) in [5.41, 5.74) is -0.406. The molecule has 2 rings (SSSR count). The Hall–Kier alpha value is -3.44. The molecule has 1 atom stereocenters. The molecule has 0 spiro atoms. The van der Waals surface area contributed by atoms with Gasteiger partial charge in [-0.1, -0.05) is 5.92 Å². The molecule has 0 fully saturated rings. The van der Waals surface area contributed by atoms with Gasteiger partial charge < -0.3 is 19.7 Å². The van der Waals surface area contributed by atoms with Gasteiger partial charge in [0.2, 0.25) is 0 Å². The molecule has 0 aliphatic carbocycles. The highest BCUT2D eigenvalue weighted by Crippen LogP contribution is 2.19. The standard InChI is InChI=1S/C20H21N3O5/c1-13-22-16(12-28-13)10-7-14-5-8-15(9-6-14)18(26)23(4)20(2,17(25)11-24)19(27)21-3/h5-6,8-9,12,24H,11H2,1-4H3,(H,21,27)/t20-/m1/s1. The maximum absolute atomic E-state index is 12.8. The van der Waals surface area contributed by atoms with E-state index < -0.39 is 29.7 Å². The van der Waals surface area contributed by atoms with Crippen molar-refractivity contribution < 1.29 is 23.9 Å². The van der Waals surface area contributed by atoms with Crippen LogP contribution in [0.1, 0.15) is 34.4 Å². The lowest BCUT2D eigenvalue weighted by Crippen LogP contribution is -2.62. The quantitative estimate of drug-likeness (QED) is 0.575. The third-order valence-electron chi connectivity index (χ3n) is 4.42.